The number of benzene rings is 4. The maximum absolute atomic E-state index is 13.5. The lowest BCUT2D eigenvalue weighted by Crippen LogP contribution is -2.11. The zero-order valence-corrected chi connectivity index (χ0v) is 24.5. The van der Waals surface area contributed by atoms with Gasteiger partial charge in [0, 0.05) is 44.6 Å². The molecule has 0 saturated heterocycles. The molecule has 0 heterocycles. The number of ether oxygens (including phenoxy) is 1. The van der Waals surface area contributed by atoms with E-state index in [4.69, 9.17) is 4.74 Å². The fourth-order valence-corrected chi connectivity index (χ4v) is 6.27. The number of methoxy groups -OCH3 is 1. The number of Topliss-reactive ketones (excluding diaryl/α,β-unsaturated/α-hetero) is 2. The predicted octanol–water partition coefficient (Wildman–Crippen LogP) is 5.90. The third-order valence-corrected chi connectivity index (χ3v) is 8.58. The van der Waals surface area contributed by atoms with Crippen molar-refractivity contribution in [2.24, 2.45) is 0 Å². The van der Waals surface area contributed by atoms with E-state index in [0.717, 1.165) is 22.4 Å². The van der Waals surface area contributed by atoms with Gasteiger partial charge < -0.3 is 9.64 Å². The van der Waals surface area contributed by atoms with E-state index in [0.29, 0.717) is 24.0 Å². The Labute approximate surface area is 242 Å². The number of rotatable bonds is 13. The van der Waals surface area contributed by atoms with Crippen LogP contribution in [0.5, 0.6) is 5.75 Å². The molecule has 0 unspecified atom stereocenters. The molecular formula is C34H35NO5S. The number of ketones is 2. The molecular weight excluding hydrogens is 534 g/mol. The van der Waals surface area contributed by atoms with Gasteiger partial charge in [0.25, 0.3) is 0 Å². The average Bonchev–Trinajstić information content (AvgIpc) is 2.96. The first-order valence-corrected chi connectivity index (χ1v) is 15.1. The Bertz CT molecular complexity index is 1630. The molecule has 0 aromatic heterocycles. The van der Waals surface area contributed by atoms with Gasteiger partial charge in [0.1, 0.15) is 16.4 Å². The fraction of sp³-hybridized carbons (Fsp3) is 0.235. The number of carbonyl (C=O) groups excluding carboxylic acids is 2. The number of sulfone groups is 1. The minimum Gasteiger partial charge on any atom is -0.495 e. The van der Waals surface area contributed by atoms with Gasteiger partial charge in [0.2, 0.25) is 0 Å². The summed E-state index contributed by atoms with van der Waals surface area (Å²) >= 11 is 0. The van der Waals surface area contributed by atoms with E-state index in [1.165, 1.54) is 19.2 Å². The van der Waals surface area contributed by atoms with E-state index >= 15 is 0 Å². The van der Waals surface area contributed by atoms with Crippen LogP contribution in [0.3, 0.4) is 0 Å². The van der Waals surface area contributed by atoms with Crippen molar-refractivity contribution in [2.45, 2.75) is 36.3 Å². The Morgan fingerprint density at radius 3 is 2.05 bits per heavy atom. The van der Waals surface area contributed by atoms with Gasteiger partial charge >= 0.3 is 0 Å². The minimum absolute atomic E-state index is 0.0205. The molecule has 0 atom stereocenters. The van der Waals surface area contributed by atoms with Crippen LogP contribution in [0.15, 0.2) is 102 Å². The summed E-state index contributed by atoms with van der Waals surface area (Å²) in [7, 11) is 1.46. The lowest BCUT2D eigenvalue weighted by molar-refractivity contribution is -0.117. The van der Waals surface area contributed by atoms with Crippen molar-refractivity contribution in [1.29, 1.82) is 0 Å². The van der Waals surface area contributed by atoms with Crippen LogP contribution in [0.25, 0.3) is 0 Å². The molecule has 0 radical (unpaired) electrons. The average molecular weight is 570 g/mol. The summed E-state index contributed by atoms with van der Waals surface area (Å²) in [5, 5.41) is 0. The summed E-state index contributed by atoms with van der Waals surface area (Å²) in [4.78, 5) is 27.7. The molecule has 7 heteroatoms. The number of nitrogens with zero attached hydrogens (tertiary/aromatic N) is 1. The molecule has 4 aromatic rings. The van der Waals surface area contributed by atoms with Crippen molar-refractivity contribution < 1.29 is 22.7 Å². The van der Waals surface area contributed by atoms with Crippen LogP contribution in [0.2, 0.25) is 0 Å². The summed E-state index contributed by atoms with van der Waals surface area (Å²) in [6.45, 7) is 0. The first kappa shape index (κ1) is 29.7. The van der Waals surface area contributed by atoms with Crippen molar-refractivity contribution >= 4 is 27.1 Å². The second-order valence-corrected chi connectivity index (χ2v) is 12.3. The van der Waals surface area contributed by atoms with Crippen molar-refractivity contribution in [1.82, 2.24) is 0 Å². The SMILES string of the molecule is COc1ccc(C(=O)CCc2ccccc2)cc1S(=O)(=O)Cc1cccc(CC(=O)Cc2cccc(N(C)C)c2)c1. The summed E-state index contributed by atoms with van der Waals surface area (Å²) in [5.41, 5.74) is 4.65. The van der Waals surface area contributed by atoms with Crippen LogP contribution < -0.4 is 9.64 Å². The Hall–Kier alpha value is -4.23. The molecule has 4 rings (SSSR count). The van der Waals surface area contributed by atoms with Crippen molar-refractivity contribution in [2.75, 3.05) is 26.1 Å². The van der Waals surface area contributed by atoms with Gasteiger partial charge in [0.05, 0.1) is 12.9 Å². The first-order valence-electron chi connectivity index (χ1n) is 13.5. The lowest BCUT2D eigenvalue weighted by atomic mass is 10.0. The van der Waals surface area contributed by atoms with Crippen LogP contribution in [0.1, 0.15) is 39.0 Å². The molecule has 0 amide bonds. The van der Waals surface area contributed by atoms with Gasteiger partial charge in [-0.05, 0) is 59.0 Å². The Balaban J connectivity index is 1.47. The fourth-order valence-electron chi connectivity index (χ4n) is 4.73. The molecule has 0 spiro atoms. The smallest absolute Gasteiger partial charge is 0.186 e. The zero-order valence-electron chi connectivity index (χ0n) is 23.7. The Morgan fingerprint density at radius 2 is 1.37 bits per heavy atom. The van der Waals surface area contributed by atoms with E-state index in [9.17, 15) is 18.0 Å². The van der Waals surface area contributed by atoms with Crippen LogP contribution in [0.4, 0.5) is 5.69 Å². The predicted molar refractivity (Wildman–Crippen MR) is 163 cm³/mol. The molecule has 0 N–H and O–H groups in total. The standard InChI is InChI=1S/C34H35NO5S/c1-35(2)30-14-8-12-27(20-30)22-31(36)21-26-11-7-13-28(19-26)24-41(38,39)34-23-29(16-18-33(34)40-3)32(37)17-15-25-9-5-4-6-10-25/h4-14,16,18-20,23H,15,17,21-22,24H2,1-3H3. The van der Waals surface area contributed by atoms with E-state index in [1.807, 2.05) is 79.7 Å². The third-order valence-electron chi connectivity index (χ3n) is 6.88. The van der Waals surface area contributed by atoms with Crippen molar-refractivity contribution in [3.63, 3.8) is 0 Å². The maximum Gasteiger partial charge on any atom is 0.186 e. The van der Waals surface area contributed by atoms with E-state index in [2.05, 4.69) is 0 Å². The molecule has 6 nitrogen and oxygen atoms in total. The van der Waals surface area contributed by atoms with Crippen LogP contribution in [-0.4, -0.2) is 41.2 Å². The van der Waals surface area contributed by atoms with Crippen LogP contribution >= 0.6 is 0 Å². The second-order valence-electron chi connectivity index (χ2n) is 10.3. The monoisotopic (exact) mass is 569 g/mol. The summed E-state index contributed by atoms with van der Waals surface area (Å²) in [6.07, 6.45) is 1.34. The third kappa shape index (κ3) is 8.14. The number of anilines is 1. The normalized spacial score (nSPS) is 11.2. The van der Waals surface area contributed by atoms with Crippen molar-refractivity contribution in [3.05, 3.63) is 125 Å². The van der Waals surface area contributed by atoms with E-state index < -0.39 is 9.84 Å². The molecule has 0 aliphatic carbocycles. The van der Waals surface area contributed by atoms with Crippen molar-refractivity contribution in [3.8, 4) is 5.75 Å². The molecule has 41 heavy (non-hydrogen) atoms. The molecule has 0 aliphatic heterocycles. The van der Waals surface area contributed by atoms with Gasteiger partial charge in [-0.25, -0.2) is 8.42 Å². The number of hydrogen-bond donors (Lipinski definition) is 0. The quantitative estimate of drug-likeness (QED) is 0.186. The summed E-state index contributed by atoms with van der Waals surface area (Å²) in [6, 6.07) is 29.2. The van der Waals surface area contributed by atoms with E-state index in [-0.39, 0.29) is 40.8 Å². The second kappa shape index (κ2) is 13.4. The number of aryl methyl sites for hydroxylation is 1. The van der Waals surface area contributed by atoms with Gasteiger partial charge in [-0.1, -0.05) is 66.7 Å². The highest BCUT2D eigenvalue weighted by molar-refractivity contribution is 7.90. The maximum atomic E-state index is 13.5. The summed E-state index contributed by atoms with van der Waals surface area (Å²) < 4.78 is 32.4. The first-order chi connectivity index (χ1) is 19.6. The molecule has 212 valence electrons. The number of hydrogen-bond acceptors (Lipinski definition) is 6. The van der Waals surface area contributed by atoms with Gasteiger partial charge in [-0.15, -0.1) is 0 Å². The highest BCUT2D eigenvalue weighted by Crippen LogP contribution is 2.29. The molecule has 0 bridgehead atoms. The van der Waals surface area contributed by atoms with Crippen LogP contribution in [-0.2, 0) is 39.6 Å². The largest absolute Gasteiger partial charge is 0.495 e. The minimum atomic E-state index is -3.85. The summed E-state index contributed by atoms with van der Waals surface area (Å²) in [5.74, 6) is -0.178. The zero-order chi connectivity index (χ0) is 29.4. The topological polar surface area (TPSA) is 80.8 Å². The lowest BCUT2D eigenvalue weighted by Gasteiger charge is -2.13. The van der Waals surface area contributed by atoms with Gasteiger partial charge in [0.15, 0.2) is 15.6 Å². The Kier molecular flexibility index (Phi) is 9.73. The molecule has 0 saturated carbocycles. The number of carbonyl (C=O) groups is 2. The van der Waals surface area contributed by atoms with Gasteiger partial charge in [-0.2, -0.15) is 0 Å². The highest BCUT2D eigenvalue weighted by atomic mass is 32.2. The molecule has 0 aliphatic rings. The Morgan fingerprint density at radius 1 is 0.732 bits per heavy atom. The van der Waals surface area contributed by atoms with E-state index in [1.54, 1.807) is 24.3 Å². The molecule has 0 fully saturated rings. The molecule has 4 aromatic carbocycles. The van der Waals surface area contributed by atoms with Crippen LogP contribution in [0, 0.1) is 0 Å². The van der Waals surface area contributed by atoms with Gasteiger partial charge in [-0.3, -0.25) is 9.59 Å². The highest BCUT2D eigenvalue weighted by Gasteiger charge is 2.23.